The summed E-state index contributed by atoms with van der Waals surface area (Å²) in [5, 5.41) is 3.72. The third-order valence-electron chi connectivity index (χ3n) is 2.05. The zero-order chi connectivity index (χ0) is 12.4. The van der Waals surface area contributed by atoms with Crippen molar-refractivity contribution in [1.29, 1.82) is 0 Å². The van der Waals surface area contributed by atoms with Gasteiger partial charge in [-0.05, 0) is 25.1 Å². The van der Waals surface area contributed by atoms with E-state index in [1.54, 1.807) is 19.1 Å². The number of nitrogen functional groups attached to an aromatic ring is 1. The van der Waals surface area contributed by atoms with Gasteiger partial charge in [-0.15, -0.1) is 0 Å². The van der Waals surface area contributed by atoms with Crippen LogP contribution in [0.25, 0.3) is 0 Å². The van der Waals surface area contributed by atoms with Crippen molar-refractivity contribution in [3.63, 3.8) is 0 Å². The Morgan fingerprint density at radius 3 is 2.76 bits per heavy atom. The zero-order valence-electron chi connectivity index (χ0n) is 9.04. The molecule has 88 valence electrons. The fourth-order valence-electron chi connectivity index (χ4n) is 1.39. The molecule has 0 bridgehead atoms. The molecule has 1 aromatic carbocycles. The molecule has 6 heteroatoms. The average molecular weight is 314 g/mol. The van der Waals surface area contributed by atoms with Crippen molar-refractivity contribution in [2.24, 2.45) is 0 Å². The van der Waals surface area contributed by atoms with Gasteiger partial charge in [0.2, 0.25) is 0 Å². The second-order valence-corrected chi connectivity index (χ2v) is 4.80. The van der Waals surface area contributed by atoms with Gasteiger partial charge in [0.25, 0.3) is 0 Å². The average Bonchev–Trinajstić information content (AvgIpc) is 2.22. The van der Waals surface area contributed by atoms with E-state index >= 15 is 0 Å². The topological polar surface area (TPSA) is 63.8 Å². The summed E-state index contributed by atoms with van der Waals surface area (Å²) in [5.74, 6) is 1.65. The van der Waals surface area contributed by atoms with Crippen LogP contribution >= 0.6 is 27.5 Å². The Morgan fingerprint density at radius 1 is 1.29 bits per heavy atom. The van der Waals surface area contributed by atoms with Crippen LogP contribution in [0.4, 0.5) is 17.3 Å². The second-order valence-electron chi connectivity index (χ2n) is 3.47. The number of halogens is 2. The smallest absolute Gasteiger partial charge is 0.136 e. The van der Waals surface area contributed by atoms with Crippen molar-refractivity contribution in [2.75, 3.05) is 11.1 Å². The molecule has 17 heavy (non-hydrogen) atoms. The lowest BCUT2D eigenvalue weighted by Gasteiger charge is -2.09. The van der Waals surface area contributed by atoms with Crippen LogP contribution < -0.4 is 11.1 Å². The van der Waals surface area contributed by atoms with E-state index in [0.717, 1.165) is 10.2 Å². The third kappa shape index (κ3) is 3.08. The van der Waals surface area contributed by atoms with E-state index in [9.17, 15) is 0 Å². The molecule has 2 rings (SSSR count). The second kappa shape index (κ2) is 4.89. The highest BCUT2D eigenvalue weighted by Gasteiger charge is 2.04. The molecule has 0 fully saturated rings. The third-order valence-corrected chi connectivity index (χ3v) is 2.87. The molecule has 2 aromatic rings. The summed E-state index contributed by atoms with van der Waals surface area (Å²) in [4.78, 5) is 8.22. The number of hydrogen-bond donors (Lipinski definition) is 2. The Hall–Kier alpha value is -1.33. The van der Waals surface area contributed by atoms with Crippen molar-refractivity contribution in [3.8, 4) is 0 Å². The molecule has 0 radical (unpaired) electrons. The van der Waals surface area contributed by atoms with Gasteiger partial charge in [0.1, 0.15) is 17.5 Å². The molecule has 0 spiro atoms. The maximum Gasteiger partial charge on any atom is 0.136 e. The maximum absolute atomic E-state index is 6.07. The molecular formula is C11H10BrClN4. The first-order valence-electron chi connectivity index (χ1n) is 4.88. The van der Waals surface area contributed by atoms with Gasteiger partial charge < -0.3 is 11.1 Å². The molecule has 0 saturated carbocycles. The molecule has 3 N–H and O–H groups in total. The van der Waals surface area contributed by atoms with Gasteiger partial charge in [-0.25, -0.2) is 9.97 Å². The van der Waals surface area contributed by atoms with E-state index < -0.39 is 0 Å². The van der Waals surface area contributed by atoms with Crippen LogP contribution in [0.3, 0.4) is 0 Å². The van der Waals surface area contributed by atoms with E-state index in [1.807, 2.05) is 12.1 Å². The maximum atomic E-state index is 6.07. The Kier molecular flexibility index (Phi) is 3.49. The van der Waals surface area contributed by atoms with Crippen LogP contribution in [0, 0.1) is 6.92 Å². The highest BCUT2D eigenvalue weighted by atomic mass is 79.9. The summed E-state index contributed by atoms with van der Waals surface area (Å²) in [6.45, 7) is 1.78. The molecule has 0 amide bonds. The number of hydrogen-bond acceptors (Lipinski definition) is 4. The van der Waals surface area contributed by atoms with Crippen LogP contribution in [0.5, 0.6) is 0 Å². The summed E-state index contributed by atoms with van der Waals surface area (Å²) in [7, 11) is 0. The van der Waals surface area contributed by atoms with Crippen molar-refractivity contribution >= 4 is 44.9 Å². The number of aryl methyl sites for hydroxylation is 1. The van der Waals surface area contributed by atoms with Crippen molar-refractivity contribution in [3.05, 3.63) is 39.6 Å². The Balaban J connectivity index is 2.34. The van der Waals surface area contributed by atoms with Crippen LogP contribution in [0.1, 0.15) is 5.82 Å². The van der Waals surface area contributed by atoms with E-state index in [1.165, 1.54) is 0 Å². The Morgan fingerprint density at radius 2 is 2.06 bits per heavy atom. The summed E-state index contributed by atoms with van der Waals surface area (Å²) < 4.78 is 0.933. The Labute approximate surface area is 112 Å². The van der Waals surface area contributed by atoms with Crippen LogP contribution in [0.2, 0.25) is 5.02 Å². The number of nitrogens with one attached hydrogen (secondary N) is 1. The minimum atomic E-state index is 0.422. The molecule has 0 atom stereocenters. The molecule has 0 unspecified atom stereocenters. The minimum Gasteiger partial charge on any atom is -0.384 e. The summed E-state index contributed by atoms with van der Waals surface area (Å²) >= 11 is 9.45. The van der Waals surface area contributed by atoms with Crippen LogP contribution in [0.15, 0.2) is 28.7 Å². The highest BCUT2D eigenvalue weighted by Crippen LogP contribution is 2.28. The number of benzene rings is 1. The van der Waals surface area contributed by atoms with Crippen molar-refractivity contribution in [1.82, 2.24) is 9.97 Å². The number of rotatable bonds is 2. The van der Waals surface area contributed by atoms with E-state index in [2.05, 4.69) is 31.2 Å². The van der Waals surface area contributed by atoms with Gasteiger partial charge >= 0.3 is 0 Å². The van der Waals surface area contributed by atoms with Gasteiger partial charge in [0, 0.05) is 10.5 Å². The van der Waals surface area contributed by atoms with Gasteiger partial charge in [0.05, 0.1) is 10.7 Å². The molecule has 1 heterocycles. The minimum absolute atomic E-state index is 0.422. The molecule has 0 aliphatic heterocycles. The number of aromatic nitrogens is 2. The van der Waals surface area contributed by atoms with Gasteiger partial charge in [0.15, 0.2) is 0 Å². The van der Waals surface area contributed by atoms with Crippen LogP contribution in [-0.4, -0.2) is 9.97 Å². The lowest BCUT2D eigenvalue weighted by Crippen LogP contribution is -2.00. The predicted octanol–water partition coefficient (Wildman–Crippen LogP) is 3.53. The SMILES string of the molecule is Cc1nc(N)cc(Nc2cc(Br)ccc2Cl)n1. The van der Waals surface area contributed by atoms with Gasteiger partial charge in [-0.3, -0.25) is 0 Å². The summed E-state index contributed by atoms with van der Waals surface area (Å²) in [5.41, 5.74) is 6.41. The lowest BCUT2D eigenvalue weighted by molar-refractivity contribution is 1.06. The molecule has 0 aliphatic rings. The fourth-order valence-corrected chi connectivity index (χ4v) is 1.91. The molecule has 0 aliphatic carbocycles. The molecule has 4 nitrogen and oxygen atoms in total. The number of nitrogens with two attached hydrogens (primary N) is 1. The monoisotopic (exact) mass is 312 g/mol. The molecular weight excluding hydrogens is 304 g/mol. The van der Waals surface area contributed by atoms with Crippen molar-refractivity contribution < 1.29 is 0 Å². The van der Waals surface area contributed by atoms with E-state index in [-0.39, 0.29) is 0 Å². The summed E-state index contributed by atoms with van der Waals surface area (Å²) in [6.07, 6.45) is 0. The quantitative estimate of drug-likeness (QED) is 0.890. The highest BCUT2D eigenvalue weighted by molar-refractivity contribution is 9.10. The standard InChI is InChI=1S/C11H10BrClN4/c1-6-15-10(14)5-11(16-6)17-9-4-7(12)2-3-8(9)13/h2-5H,1H3,(H3,14,15,16,17). The van der Waals surface area contributed by atoms with Gasteiger partial charge in [-0.1, -0.05) is 27.5 Å². The lowest BCUT2D eigenvalue weighted by atomic mass is 10.3. The predicted molar refractivity (Wildman–Crippen MR) is 73.6 cm³/mol. The number of nitrogens with zero attached hydrogens (tertiary/aromatic N) is 2. The first-order chi connectivity index (χ1) is 8.04. The molecule has 1 aromatic heterocycles. The summed E-state index contributed by atoms with van der Waals surface area (Å²) in [6, 6.07) is 7.19. The van der Waals surface area contributed by atoms with Crippen molar-refractivity contribution in [2.45, 2.75) is 6.92 Å². The molecule has 0 saturated heterocycles. The zero-order valence-corrected chi connectivity index (χ0v) is 11.4. The first kappa shape index (κ1) is 12.1. The van der Waals surface area contributed by atoms with Crippen LogP contribution in [-0.2, 0) is 0 Å². The largest absolute Gasteiger partial charge is 0.384 e. The Bertz CT molecular complexity index is 539. The first-order valence-corrected chi connectivity index (χ1v) is 6.05. The number of anilines is 3. The van der Waals surface area contributed by atoms with E-state index in [0.29, 0.717) is 22.5 Å². The normalized spacial score (nSPS) is 10.3. The van der Waals surface area contributed by atoms with E-state index in [4.69, 9.17) is 17.3 Å². The van der Waals surface area contributed by atoms with Gasteiger partial charge in [-0.2, -0.15) is 0 Å². The fraction of sp³-hybridized carbons (Fsp3) is 0.0909.